The Balaban J connectivity index is 1.59. The first kappa shape index (κ1) is 18.9. The minimum atomic E-state index is -0.195. The molecule has 2 aromatic heterocycles. The Labute approximate surface area is 182 Å². The third kappa shape index (κ3) is 3.18. The number of aromatic amines is 1. The molecule has 0 saturated heterocycles. The molecule has 0 saturated carbocycles. The summed E-state index contributed by atoms with van der Waals surface area (Å²) in [4.78, 5) is 16.3. The number of rotatable bonds is 5. The molecular formula is C23H18ClN3O2S. The number of thiophene rings is 1. The average Bonchev–Trinajstić information content (AvgIpc) is 3.49. The van der Waals surface area contributed by atoms with E-state index in [1.54, 1.807) is 18.4 Å². The molecule has 2 aromatic carbocycles. The summed E-state index contributed by atoms with van der Waals surface area (Å²) in [5, 5.41) is 10.2. The molecule has 0 radical (unpaired) electrons. The van der Waals surface area contributed by atoms with Crippen LogP contribution in [0.1, 0.15) is 32.5 Å². The average molecular weight is 436 g/mol. The van der Waals surface area contributed by atoms with Crippen LogP contribution < -0.4 is 4.74 Å². The van der Waals surface area contributed by atoms with Gasteiger partial charge in [-0.3, -0.25) is 9.89 Å². The van der Waals surface area contributed by atoms with Crippen molar-refractivity contribution in [2.75, 3.05) is 7.11 Å². The van der Waals surface area contributed by atoms with Crippen molar-refractivity contribution in [3.63, 3.8) is 0 Å². The van der Waals surface area contributed by atoms with Crippen molar-refractivity contribution in [2.24, 2.45) is 0 Å². The zero-order valence-corrected chi connectivity index (χ0v) is 17.7. The molecule has 1 amide bonds. The molecule has 0 aliphatic carbocycles. The van der Waals surface area contributed by atoms with E-state index in [0.29, 0.717) is 17.3 Å². The summed E-state index contributed by atoms with van der Waals surface area (Å²) < 4.78 is 5.27. The van der Waals surface area contributed by atoms with Crippen LogP contribution in [0.4, 0.5) is 0 Å². The number of aromatic nitrogens is 2. The fourth-order valence-corrected chi connectivity index (χ4v) is 4.83. The highest BCUT2D eigenvalue weighted by molar-refractivity contribution is 7.10. The van der Waals surface area contributed by atoms with E-state index in [1.807, 2.05) is 64.9 Å². The van der Waals surface area contributed by atoms with Gasteiger partial charge in [-0.15, -0.1) is 11.3 Å². The van der Waals surface area contributed by atoms with Crippen molar-refractivity contribution < 1.29 is 9.53 Å². The number of fused-ring (bicyclic) bond motifs is 1. The molecule has 30 heavy (non-hydrogen) atoms. The van der Waals surface area contributed by atoms with E-state index in [0.717, 1.165) is 33.0 Å². The van der Waals surface area contributed by atoms with Crippen LogP contribution in [0.25, 0.3) is 11.3 Å². The molecule has 1 aliphatic heterocycles. The number of hydrogen-bond donors (Lipinski definition) is 1. The lowest BCUT2D eigenvalue weighted by molar-refractivity contribution is 0.0732. The van der Waals surface area contributed by atoms with Gasteiger partial charge in [0.15, 0.2) is 0 Å². The van der Waals surface area contributed by atoms with Crippen LogP contribution in [0.2, 0.25) is 5.02 Å². The maximum Gasteiger partial charge on any atom is 0.273 e. The van der Waals surface area contributed by atoms with Crippen molar-refractivity contribution >= 4 is 28.8 Å². The van der Waals surface area contributed by atoms with Gasteiger partial charge in [0.25, 0.3) is 5.91 Å². The van der Waals surface area contributed by atoms with Gasteiger partial charge in [0, 0.05) is 27.6 Å². The van der Waals surface area contributed by atoms with Crippen molar-refractivity contribution in [1.29, 1.82) is 0 Å². The monoisotopic (exact) mass is 435 g/mol. The molecule has 1 atom stereocenters. The standard InChI is InChI=1S/C23H18ClN3O2S/c1-29-17-10-6-15(7-11-17)20-19-21(26-25-20)23(28)27(22(19)18-3-2-12-30-18)13-14-4-8-16(24)9-5-14/h2-12,22H,13H2,1H3,(H,25,26). The molecule has 1 aliphatic rings. The zero-order valence-electron chi connectivity index (χ0n) is 16.1. The highest BCUT2D eigenvalue weighted by Crippen LogP contribution is 2.44. The number of methoxy groups -OCH3 is 1. The zero-order chi connectivity index (χ0) is 20.7. The fourth-order valence-electron chi connectivity index (χ4n) is 3.86. The normalized spacial score (nSPS) is 15.5. The van der Waals surface area contributed by atoms with Crippen LogP contribution in [0.15, 0.2) is 66.0 Å². The Bertz CT molecular complexity index is 1180. The van der Waals surface area contributed by atoms with Crippen LogP contribution in [-0.4, -0.2) is 28.1 Å². The fraction of sp³-hybridized carbons (Fsp3) is 0.130. The summed E-state index contributed by atoms with van der Waals surface area (Å²) in [5.41, 5.74) is 4.22. The second-order valence-electron chi connectivity index (χ2n) is 7.07. The van der Waals surface area contributed by atoms with Crippen molar-refractivity contribution in [1.82, 2.24) is 15.1 Å². The topological polar surface area (TPSA) is 58.2 Å². The summed E-state index contributed by atoms with van der Waals surface area (Å²) in [6.45, 7) is 0.489. The Hall–Kier alpha value is -3.09. The Morgan fingerprint density at radius 1 is 1.13 bits per heavy atom. The van der Waals surface area contributed by atoms with Gasteiger partial charge in [-0.25, -0.2) is 0 Å². The molecule has 1 N–H and O–H groups in total. The van der Waals surface area contributed by atoms with E-state index in [4.69, 9.17) is 16.3 Å². The number of amides is 1. The number of halogens is 1. The number of nitrogens with zero attached hydrogens (tertiary/aromatic N) is 2. The number of ether oxygens (including phenoxy) is 1. The lowest BCUT2D eigenvalue weighted by Crippen LogP contribution is -2.28. The minimum Gasteiger partial charge on any atom is -0.497 e. The first-order valence-corrected chi connectivity index (χ1v) is 10.7. The quantitative estimate of drug-likeness (QED) is 0.447. The molecule has 5 rings (SSSR count). The van der Waals surface area contributed by atoms with E-state index >= 15 is 0 Å². The van der Waals surface area contributed by atoms with Gasteiger partial charge in [0.05, 0.1) is 18.8 Å². The summed E-state index contributed by atoms with van der Waals surface area (Å²) in [6.07, 6.45) is 0. The lowest BCUT2D eigenvalue weighted by atomic mass is 10.0. The largest absolute Gasteiger partial charge is 0.497 e. The highest BCUT2D eigenvalue weighted by Gasteiger charge is 2.42. The summed E-state index contributed by atoms with van der Waals surface area (Å²) in [6, 6.07) is 19.2. The van der Waals surface area contributed by atoms with E-state index in [-0.39, 0.29) is 11.9 Å². The summed E-state index contributed by atoms with van der Waals surface area (Å²) >= 11 is 7.67. The maximum absolute atomic E-state index is 13.3. The Morgan fingerprint density at radius 3 is 2.57 bits per heavy atom. The minimum absolute atomic E-state index is 0.0504. The molecule has 7 heteroatoms. The number of carbonyl (C=O) groups excluding carboxylic acids is 1. The first-order valence-electron chi connectivity index (χ1n) is 9.47. The van der Waals surface area contributed by atoms with E-state index in [2.05, 4.69) is 16.3 Å². The predicted octanol–water partition coefficient (Wildman–Crippen LogP) is 5.55. The highest BCUT2D eigenvalue weighted by atomic mass is 35.5. The Kier molecular flexibility index (Phi) is 4.81. The number of nitrogens with one attached hydrogen (secondary N) is 1. The van der Waals surface area contributed by atoms with Crippen molar-refractivity contribution in [3.8, 4) is 17.0 Å². The summed E-state index contributed by atoms with van der Waals surface area (Å²) in [7, 11) is 1.64. The molecule has 150 valence electrons. The van der Waals surface area contributed by atoms with Gasteiger partial charge >= 0.3 is 0 Å². The van der Waals surface area contributed by atoms with Gasteiger partial charge < -0.3 is 9.64 Å². The third-order valence-corrected chi connectivity index (χ3v) is 6.48. The molecule has 0 fully saturated rings. The third-order valence-electron chi connectivity index (χ3n) is 5.31. The van der Waals surface area contributed by atoms with E-state index in [9.17, 15) is 4.79 Å². The molecule has 0 spiro atoms. The van der Waals surface area contributed by atoms with E-state index < -0.39 is 0 Å². The smallest absolute Gasteiger partial charge is 0.273 e. The van der Waals surface area contributed by atoms with Gasteiger partial charge in [-0.2, -0.15) is 5.10 Å². The van der Waals surface area contributed by atoms with Crippen LogP contribution in [-0.2, 0) is 6.54 Å². The predicted molar refractivity (Wildman–Crippen MR) is 118 cm³/mol. The second kappa shape index (κ2) is 7.63. The van der Waals surface area contributed by atoms with Crippen LogP contribution in [0.3, 0.4) is 0 Å². The molecule has 3 heterocycles. The second-order valence-corrected chi connectivity index (χ2v) is 8.48. The van der Waals surface area contributed by atoms with Gasteiger partial charge in [0.1, 0.15) is 11.4 Å². The lowest BCUT2D eigenvalue weighted by Gasteiger charge is -2.25. The van der Waals surface area contributed by atoms with Crippen LogP contribution >= 0.6 is 22.9 Å². The SMILES string of the molecule is COc1ccc(-c2n[nH]c3c2C(c2cccs2)N(Cc2ccc(Cl)cc2)C3=O)cc1. The number of benzene rings is 2. The number of H-pyrrole nitrogens is 1. The number of carbonyl (C=O) groups is 1. The van der Waals surface area contributed by atoms with Crippen LogP contribution in [0, 0.1) is 0 Å². The summed E-state index contributed by atoms with van der Waals surface area (Å²) in [5.74, 6) is 0.729. The van der Waals surface area contributed by atoms with Crippen molar-refractivity contribution in [2.45, 2.75) is 12.6 Å². The molecule has 1 unspecified atom stereocenters. The molecule has 0 bridgehead atoms. The van der Waals surface area contributed by atoms with Crippen LogP contribution in [0.5, 0.6) is 5.75 Å². The van der Waals surface area contributed by atoms with Gasteiger partial charge in [-0.05, 0) is 53.4 Å². The van der Waals surface area contributed by atoms with Gasteiger partial charge in [-0.1, -0.05) is 29.8 Å². The molecular weight excluding hydrogens is 418 g/mol. The molecule has 4 aromatic rings. The van der Waals surface area contributed by atoms with E-state index in [1.165, 1.54) is 0 Å². The maximum atomic E-state index is 13.3. The van der Waals surface area contributed by atoms with Gasteiger partial charge in [0.2, 0.25) is 0 Å². The van der Waals surface area contributed by atoms with Crippen molar-refractivity contribution in [3.05, 3.63) is 92.8 Å². The first-order chi connectivity index (χ1) is 14.7. The Morgan fingerprint density at radius 2 is 1.90 bits per heavy atom. The molecule has 5 nitrogen and oxygen atoms in total. The number of hydrogen-bond acceptors (Lipinski definition) is 4.